The first kappa shape index (κ1) is 15.3. The fourth-order valence-corrected chi connectivity index (χ4v) is 4.35. The van der Waals surface area contributed by atoms with Crippen LogP contribution in [0.1, 0.15) is 35.4 Å². The molecular weight excluding hydrogens is 328 g/mol. The second-order valence-corrected chi connectivity index (χ2v) is 7.09. The topological polar surface area (TPSA) is 77.2 Å². The lowest BCUT2D eigenvalue weighted by Crippen LogP contribution is -2.44. The molecule has 0 bridgehead atoms. The van der Waals surface area contributed by atoms with Crippen LogP contribution in [0.15, 0.2) is 26.4 Å². The van der Waals surface area contributed by atoms with Gasteiger partial charge in [-0.05, 0) is 30.7 Å². The molecule has 8 heteroatoms. The molecule has 2 aliphatic rings. The van der Waals surface area contributed by atoms with Crippen molar-refractivity contribution in [2.45, 2.75) is 32.4 Å². The number of likely N-dealkylation sites (tertiary alicyclic amines) is 1. The van der Waals surface area contributed by atoms with Crippen molar-refractivity contribution in [2.24, 2.45) is 5.92 Å². The van der Waals surface area contributed by atoms with E-state index in [2.05, 4.69) is 5.10 Å². The zero-order valence-corrected chi connectivity index (χ0v) is 14.2. The molecule has 2 atom stereocenters. The minimum atomic E-state index is -0.564. The Bertz CT molecular complexity index is 899. The summed E-state index contributed by atoms with van der Waals surface area (Å²) in [6, 6.07) is 1.83. The van der Waals surface area contributed by atoms with Crippen LogP contribution in [0.4, 0.5) is 0 Å². The van der Waals surface area contributed by atoms with E-state index in [1.165, 1.54) is 20.6 Å². The summed E-state index contributed by atoms with van der Waals surface area (Å²) in [5, 5.41) is 8.15. The van der Waals surface area contributed by atoms with Crippen molar-refractivity contribution in [3.63, 3.8) is 0 Å². The van der Waals surface area contributed by atoms with Gasteiger partial charge in [-0.25, -0.2) is 4.68 Å². The van der Waals surface area contributed by atoms with Gasteiger partial charge in [-0.1, -0.05) is 0 Å². The monoisotopic (exact) mass is 346 g/mol. The van der Waals surface area contributed by atoms with Crippen LogP contribution in [0.5, 0.6) is 0 Å². The molecule has 4 rings (SSSR count). The lowest BCUT2D eigenvalue weighted by molar-refractivity contribution is 0.0668. The number of amides is 1. The van der Waals surface area contributed by atoms with E-state index in [0.717, 1.165) is 6.42 Å². The van der Waals surface area contributed by atoms with Gasteiger partial charge in [0.2, 0.25) is 0 Å². The number of rotatable bonds is 2. The van der Waals surface area contributed by atoms with Gasteiger partial charge in [0.15, 0.2) is 0 Å². The van der Waals surface area contributed by atoms with Gasteiger partial charge in [0.25, 0.3) is 5.91 Å². The van der Waals surface area contributed by atoms with Crippen molar-refractivity contribution in [1.82, 2.24) is 19.2 Å². The number of hydrogen-bond donors (Lipinski definition) is 0. The van der Waals surface area contributed by atoms with Crippen molar-refractivity contribution in [2.75, 3.05) is 13.1 Å². The molecule has 0 radical (unpaired) electrons. The van der Waals surface area contributed by atoms with Crippen molar-refractivity contribution in [1.29, 1.82) is 0 Å². The first-order valence-corrected chi connectivity index (χ1v) is 9.07. The molecule has 0 spiro atoms. The number of aromatic nitrogens is 3. The van der Waals surface area contributed by atoms with Crippen LogP contribution in [-0.2, 0) is 13.1 Å². The molecule has 126 valence electrons. The van der Waals surface area contributed by atoms with Crippen LogP contribution in [-0.4, -0.2) is 38.2 Å². The Morgan fingerprint density at radius 1 is 1.33 bits per heavy atom. The average Bonchev–Trinajstić information content (AvgIpc) is 3.24. The highest BCUT2D eigenvalue weighted by Crippen LogP contribution is 2.37. The van der Waals surface area contributed by atoms with Gasteiger partial charge < -0.3 is 4.90 Å². The quantitative estimate of drug-likeness (QED) is 0.752. The predicted octanol–water partition coefficient (Wildman–Crippen LogP) is 0.746. The zero-order valence-electron chi connectivity index (χ0n) is 13.3. The molecule has 0 N–H and O–H groups in total. The first-order valence-electron chi connectivity index (χ1n) is 8.13. The van der Waals surface area contributed by atoms with E-state index in [9.17, 15) is 14.4 Å². The smallest absolute Gasteiger partial charge is 0.332 e. The second-order valence-electron chi connectivity index (χ2n) is 6.31. The van der Waals surface area contributed by atoms with E-state index in [1.807, 2.05) is 21.7 Å². The number of carbonyl (C=O) groups is 1. The van der Waals surface area contributed by atoms with Crippen molar-refractivity contribution >= 4 is 17.2 Å². The molecule has 1 fully saturated rings. The van der Waals surface area contributed by atoms with Crippen LogP contribution in [0.2, 0.25) is 0 Å². The Morgan fingerprint density at radius 3 is 2.88 bits per heavy atom. The third-order valence-corrected chi connectivity index (χ3v) is 5.71. The van der Waals surface area contributed by atoms with Gasteiger partial charge in [-0.3, -0.25) is 19.0 Å². The highest BCUT2D eigenvalue weighted by atomic mass is 32.1. The fraction of sp³-hybridized carbons (Fsp3) is 0.500. The predicted molar refractivity (Wildman–Crippen MR) is 89.5 cm³/mol. The van der Waals surface area contributed by atoms with Gasteiger partial charge in [-0.15, -0.1) is 0 Å². The molecule has 4 heterocycles. The van der Waals surface area contributed by atoms with E-state index < -0.39 is 11.1 Å². The highest BCUT2D eigenvalue weighted by molar-refractivity contribution is 7.08. The molecule has 0 saturated carbocycles. The second kappa shape index (κ2) is 5.70. The molecule has 1 amide bonds. The Hall–Kier alpha value is -2.22. The molecule has 2 aromatic rings. The molecule has 2 aliphatic heterocycles. The Labute approximate surface area is 142 Å². The van der Waals surface area contributed by atoms with Crippen molar-refractivity contribution < 1.29 is 4.79 Å². The summed E-state index contributed by atoms with van der Waals surface area (Å²) in [4.78, 5) is 38.7. The Morgan fingerprint density at radius 2 is 2.17 bits per heavy atom. The summed E-state index contributed by atoms with van der Waals surface area (Å²) in [6.07, 6.45) is 0.823. The number of carbonyl (C=O) groups excluding carboxylic acids is 1. The summed E-state index contributed by atoms with van der Waals surface area (Å²) in [5.74, 6) is 0.963. The van der Waals surface area contributed by atoms with E-state index in [4.69, 9.17) is 0 Å². The lowest BCUT2D eigenvalue weighted by atomic mass is 9.87. The maximum absolute atomic E-state index is 12.6. The normalized spacial score (nSPS) is 22.3. The molecule has 0 aromatic carbocycles. The third kappa shape index (κ3) is 2.24. The van der Waals surface area contributed by atoms with Crippen LogP contribution in [0, 0.1) is 5.92 Å². The largest absolute Gasteiger partial charge is 0.338 e. The van der Waals surface area contributed by atoms with Crippen LogP contribution in [0.25, 0.3) is 0 Å². The number of hydrogen-bond acceptors (Lipinski definition) is 5. The van der Waals surface area contributed by atoms with E-state index in [0.29, 0.717) is 37.6 Å². The summed E-state index contributed by atoms with van der Waals surface area (Å²) >= 11 is 1.51. The highest BCUT2D eigenvalue weighted by Gasteiger charge is 2.41. The molecule has 24 heavy (non-hydrogen) atoms. The van der Waals surface area contributed by atoms with E-state index in [-0.39, 0.29) is 17.7 Å². The average molecular weight is 346 g/mol. The molecular formula is C16H18N4O3S. The molecule has 2 aromatic heterocycles. The van der Waals surface area contributed by atoms with Gasteiger partial charge in [-0.2, -0.15) is 16.4 Å². The van der Waals surface area contributed by atoms with E-state index >= 15 is 0 Å². The SMILES string of the molecule is CCn1nc2n(c(=O)c1=O)C[C@@H]1CCN(C(=O)c3ccsc3)C[C@H]21. The van der Waals surface area contributed by atoms with Gasteiger partial charge in [0, 0.05) is 37.5 Å². The van der Waals surface area contributed by atoms with Crippen LogP contribution in [0.3, 0.4) is 0 Å². The van der Waals surface area contributed by atoms with Crippen LogP contribution < -0.4 is 11.1 Å². The maximum Gasteiger partial charge on any atom is 0.332 e. The summed E-state index contributed by atoms with van der Waals surface area (Å²) in [6.45, 7) is 3.93. The fourth-order valence-electron chi connectivity index (χ4n) is 3.72. The minimum absolute atomic E-state index is 0.0208. The van der Waals surface area contributed by atoms with Crippen LogP contribution >= 0.6 is 11.3 Å². The molecule has 1 saturated heterocycles. The standard InChI is InChI=1S/C16H18N4O3S/c1-2-20-16(23)15(22)19-7-10-3-5-18(8-12(10)13(19)17-20)14(21)11-4-6-24-9-11/h4,6,9-10,12H,2-3,5,7-8H2,1H3/t10-,12-/m0/s1. The first-order chi connectivity index (χ1) is 11.6. The van der Waals surface area contributed by atoms with Gasteiger partial charge in [0.1, 0.15) is 5.82 Å². The summed E-state index contributed by atoms with van der Waals surface area (Å²) < 4.78 is 2.75. The lowest BCUT2D eigenvalue weighted by Gasteiger charge is -2.34. The Balaban J connectivity index is 1.68. The molecule has 0 unspecified atom stereocenters. The number of nitrogens with zero attached hydrogens (tertiary/aromatic N) is 4. The summed E-state index contributed by atoms with van der Waals surface area (Å²) in [7, 11) is 0. The third-order valence-electron chi connectivity index (χ3n) is 5.02. The van der Waals surface area contributed by atoms with Crippen molar-refractivity contribution in [3.05, 3.63) is 48.9 Å². The van der Waals surface area contributed by atoms with E-state index in [1.54, 1.807) is 6.92 Å². The Kier molecular flexibility index (Phi) is 3.64. The molecule has 7 nitrogen and oxygen atoms in total. The molecule has 0 aliphatic carbocycles. The minimum Gasteiger partial charge on any atom is -0.338 e. The van der Waals surface area contributed by atoms with Gasteiger partial charge in [0.05, 0.1) is 5.56 Å². The van der Waals surface area contributed by atoms with Crippen molar-refractivity contribution in [3.8, 4) is 0 Å². The number of piperidine rings is 1. The zero-order chi connectivity index (χ0) is 16.8. The number of fused-ring (bicyclic) bond motifs is 3. The summed E-state index contributed by atoms with van der Waals surface area (Å²) in [5.41, 5.74) is -0.349. The van der Waals surface area contributed by atoms with Gasteiger partial charge >= 0.3 is 11.1 Å². The number of thiophene rings is 1. The maximum atomic E-state index is 12.6. The number of aryl methyl sites for hydroxylation is 1.